The molecular weight excluding hydrogens is 334 g/mol. The summed E-state index contributed by atoms with van der Waals surface area (Å²) >= 11 is 0. The lowest BCUT2D eigenvalue weighted by Crippen LogP contribution is -2.31. The van der Waals surface area contributed by atoms with Crippen LogP contribution in [0.5, 0.6) is 0 Å². The van der Waals surface area contributed by atoms with Gasteiger partial charge >= 0.3 is 6.03 Å². The molecule has 0 aliphatic carbocycles. The molecular formula is C18H23N5O3. The largest absolute Gasteiger partial charge is 0.383 e. The Morgan fingerprint density at radius 1 is 1.27 bits per heavy atom. The Hall–Kier alpha value is -3.00. The molecule has 0 unspecified atom stereocenters. The first kappa shape index (κ1) is 19.3. The Labute approximate surface area is 152 Å². The third-order valence-corrected chi connectivity index (χ3v) is 3.68. The lowest BCUT2D eigenvalue weighted by molar-refractivity contribution is 0.0937. The molecule has 0 bridgehead atoms. The number of carbonyl (C=O) groups is 2. The second-order valence-corrected chi connectivity index (χ2v) is 5.76. The maximum atomic E-state index is 12.3. The molecule has 1 heterocycles. The van der Waals surface area contributed by atoms with Crippen LogP contribution < -0.4 is 10.6 Å². The third kappa shape index (κ3) is 5.52. The Morgan fingerprint density at radius 3 is 2.73 bits per heavy atom. The monoisotopic (exact) mass is 357 g/mol. The fraction of sp³-hybridized carbons (Fsp3) is 0.333. The molecule has 0 saturated carbocycles. The van der Waals surface area contributed by atoms with E-state index in [-0.39, 0.29) is 11.9 Å². The predicted octanol–water partition coefficient (Wildman–Crippen LogP) is 1.83. The van der Waals surface area contributed by atoms with Crippen LogP contribution in [-0.2, 0) is 11.3 Å². The quantitative estimate of drug-likeness (QED) is 0.737. The molecule has 0 aliphatic heterocycles. The molecule has 0 saturated heterocycles. The summed E-state index contributed by atoms with van der Waals surface area (Å²) in [6.07, 6.45) is 4.79. The molecule has 0 spiro atoms. The summed E-state index contributed by atoms with van der Waals surface area (Å²) < 4.78 is 4.90. The summed E-state index contributed by atoms with van der Waals surface area (Å²) in [6.45, 7) is 3.08. The molecule has 0 atom stereocenters. The van der Waals surface area contributed by atoms with Gasteiger partial charge in [-0.3, -0.25) is 14.8 Å². The smallest absolute Gasteiger partial charge is 0.321 e. The minimum Gasteiger partial charge on any atom is -0.383 e. The van der Waals surface area contributed by atoms with Crippen molar-refractivity contribution in [2.24, 2.45) is 0 Å². The Kier molecular flexibility index (Phi) is 7.04. The van der Waals surface area contributed by atoms with Gasteiger partial charge in [-0.25, -0.2) is 4.79 Å². The fourth-order valence-electron chi connectivity index (χ4n) is 2.25. The number of rotatable bonds is 7. The van der Waals surface area contributed by atoms with Gasteiger partial charge in [-0.15, -0.1) is 0 Å². The lowest BCUT2D eigenvalue weighted by Gasteiger charge is -2.18. The molecule has 2 N–H and O–H groups in total. The molecule has 8 nitrogen and oxygen atoms in total. The number of aryl methyl sites for hydroxylation is 1. The average Bonchev–Trinajstić information content (AvgIpc) is 2.64. The zero-order chi connectivity index (χ0) is 18.9. The molecule has 1 aromatic carbocycles. The zero-order valence-corrected chi connectivity index (χ0v) is 15.2. The van der Waals surface area contributed by atoms with Crippen molar-refractivity contribution in [1.29, 1.82) is 0 Å². The number of carbonyl (C=O) groups excluding carboxylic acids is 2. The van der Waals surface area contributed by atoms with E-state index < -0.39 is 0 Å². The van der Waals surface area contributed by atoms with Crippen molar-refractivity contribution in [3.63, 3.8) is 0 Å². The number of benzene rings is 1. The minimum atomic E-state index is -0.268. The van der Waals surface area contributed by atoms with Gasteiger partial charge in [-0.05, 0) is 30.7 Å². The number of amides is 3. The summed E-state index contributed by atoms with van der Waals surface area (Å²) in [4.78, 5) is 34.0. The maximum Gasteiger partial charge on any atom is 0.321 e. The van der Waals surface area contributed by atoms with Gasteiger partial charge in [0, 0.05) is 44.3 Å². The zero-order valence-electron chi connectivity index (χ0n) is 15.2. The topological polar surface area (TPSA) is 96.5 Å². The van der Waals surface area contributed by atoms with E-state index in [0.29, 0.717) is 36.6 Å². The molecule has 2 aromatic rings. The van der Waals surface area contributed by atoms with Gasteiger partial charge in [0.05, 0.1) is 25.0 Å². The highest BCUT2D eigenvalue weighted by molar-refractivity contribution is 5.96. The van der Waals surface area contributed by atoms with Gasteiger partial charge in [0.15, 0.2) is 0 Å². The molecule has 138 valence electrons. The van der Waals surface area contributed by atoms with Crippen LogP contribution in [-0.4, -0.2) is 54.1 Å². The summed E-state index contributed by atoms with van der Waals surface area (Å²) in [5, 5.41) is 5.60. The molecule has 26 heavy (non-hydrogen) atoms. The van der Waals surface area contributed by atoms with Crippen molar-refractivity contribution in [2.75, 3.05) is 32.6 Å². The number of nitrogens with one attached hydrogen (secondary N) is 2. The van der Waals surface area contributed by atoms with Gasteiger partial charge in [0.1, 0.15) is 0 Å². The van der Waals surface area contributed by atoms with Crippen LogP contribution in [0.15, 0.2) is 36.8 Å². The van der Waals surface area contributed by atoms with Crippen LogP contribution in [0.2, 0.25) is 0 Å². The number of aromatic nitrogens is 2. The number of nitrogens with zero attached hydrogens (tertiary/aromatic N) is 3. The Morgan fingerprint density at radius 2 is 2.08 bits per heavy atom. The molecule has 8 heteroatoms. The summed E-state index contributed by atoms with van der Waals surface area (Å²) in [5.41, 5.74) is 2.68. The number of urea groups is 1. The molecule has 0 radical (unpaired) electrons. The molecule has 1 aromatic heterocycles. The van der Waals surface area contributed by atoms with Crippen molar-refractivity contribution in [3.05, 3.63) is 53.6 Å². The normalized spacial score (nSPS) is 10.3. The van der Waals surface area contributed by atoms with Gasteiger partial charge < -0.3 is 20.3 Å². The highest BCUT2D eigenvalue weighted by Crippen LogP contribution is 2.17. The Balaban J connectivity index is 1.96. The van der Waals surface area contributed by atoms with E-state index in [0.717, 1.165) is 5.56 Å². The first-order valence-corrected chi connectivity index (χ1v) is 8.16. The number of hydrogen-bond donors (Lipinski definition) is 2. The highest BCUT2D eigenvalue weighted by Gasteiger charge is 2.13. The third-order valence-electron chi connectivity index (χ3n) is 3.68. The van der Waals surface area contributed by atoms with E-state index in [1.165, 1.54) is 4.90 Å². The maximum absolute atomic E-state index is 12.3. The first-order valence-electron chi connectivity index (χ1n) is 8.16. The van der Waals surface area contributed by atoms with Gasteiger partial charge in [0.2, 0.25) is 0 Å². The summed E-state index contributed by atoms with van der Waals surface area (Å²) in [7, 11) is 3.26. The van der Waals surface area contributed by atoms with Crippen molar-refractivity contribution in [1.82, 2.24) is 20.2 Å². The van der Waals surface area contributed by atoms with Gasteiger partial charge in [-0.1, -0.05) is 0 Å². The van der Waals surface area contributed by atoms with Crippen LogP contribution in [0.1, 0.15) is 21.6 Å². The number of methoxy groups -OCH3 is 1. The van der Waals surface area contributed by atoms with Crippen molar-refractivity contribution < 1.29 is 14.3 Å². The van der Waals surface area contributed by atoms with Crippen LogP contribution >= 0.6 is 0 Å². The second kappa shape index (κ2) is 9.47. The molecule has 0 aliphatic rings. The van der Waals surface area contributed by atoms with Crippen molar-refractivity contribution in [2.45, 2.75) is 13.5 Å². The molecule has 3 amide bonds. The minimum absolute atomic E-state index is 0.178. The SMILES string of the molecule is COCCNC(=O)c1ccc(NC(=O)N(C)Cc2cnccn2)c(C)c1. The van der Waals surface area contributed by atoms with E-state index >= 15 is 0 Å². The standard InChI is InChI=1S/C18H23N5O3/c1-13-10-14(17(24)21-8-9-26-3)4-5-16(13)22-18(25)23(2)12-15-11-19-6-7-20-15/h4-7,10-11H,8-9,12H2,1-3H3,(H,21,24)(H,22,25). The molecule has 2 rings (SSSR count). The second-order valence-electron chi connectivity index (χ2n) is 5.76. The van der Waals surface area contributed by atoms with E-state index in [2.05, 4.69) is 20.6 Å². The van der Waals surface area contributed by atoms with E-state index in [1.807, 2.05) is 6.92 Å². The summed E-state index contributed by atoms with van der Waals surface area (Å²) in [5.74, 6) is -0.178. The predicted molar refractivity (Wildman–Crippen MR) is 97.9 cm³/mol. The molecule has 0 fully saturated rings. The lowest BCUT2D eigenvalue weighted by atomic mass is 10.1. The van der Waals surface area contributed by atoms with E-state index in [1.54, 1.807) is 50.9 Å². The van der Waals surface area contributed by atoms with Crippen LogP contribution in [0.4, 0.5) is 10.5 Å². The number of ether oxygens (including phenoxy) is 1. The van der Waals surface area contributed by atoms with Crippen LogP contribution in [0.25, 0.3) is 0 Å². The first-order chi connectivity index (χ1) is 12.5. The summed E-state index contributed by atoms with van der Waals surface area (Å²) in [6, 6.07) is 4.86. The van der Waals surface area contributed by atoms with Gasteiger partial charge in [0.25, 0.3) is 5.91 Å². The van der Waals surface area contributed by atoms with Gasteiger partial charge in [-0.2, -0.15) is 0 Å². The fourth-order valence-corrected chi connectivity index (χ4v) is 2.25. The number of anilines is 1. The van der Waals surface area contributed by atoms with E-state index in [4.69, 9.17) is 4.74 Å². The van der Waals surface area contributed by atoms with Crippen LogP contribution in [0, 0.1) is 6.92 Å². The number of hydrogen-bond acceptors (Lipinski definition) is 5. The van der Waals surface area contributed by atoms with E-state index in [9.17, 15) is 9.59 Å². The van der Waals surface area contributed by atoms with Crippen molar-refractivity contribution in [3.8, 4) is 0 Å². The average molecular weight is 357 g/mol. The van der Waals surface area contributed by atoms with Crippen molar-refractivity contribution >= 4 is 17.6 Å². The Bertz CT molecular complexity index is 752. The van der Waals surface area contributed by atoms with Crippen LogP contribution in [0.3, 0.4) is 0 Å². The highest BCUT2D eigenvalue weighted by atomic mass is 16.5.